The molecule has 0 radical (unpaired) electrons. The molecule has 3 atom stereocenters. The fraction of sp³-hybridized carbons (Fsp3) is 0.364. The van der Waals surface area contributed by atoms with Gasteiger partial charge in [0, 0.05) is 12.1 Å². The van der Waals surface area contributed by atoms with E-state index in [1.54, 1.807) is 41.7 Å². The molecule has 4 heterocycles. The maximum atomic E-state index is 14.1. The molecule has 1 saturated heterocycles. The van der Waals surface area contributed by atoms with E-state index >= 15 is 0 Å². The van der Waals surface area contributed by atoms with Gasteiger partial charge in [-0.05, 0) is 43.7 Å². The van der Waals surface area contributed by atoms with Crippen molar-refractivity contribution in [2.24, 2.45) is 0 Å². The van der Waals surface area contributed by atoms with Crippen LogP contribution >= 0.6 is 0 Å². The number of hydrogen-bond acceptors (Lipinski definition) is 8. The maximum Gasteiger partial charge on any atom is 0.154 e. The van der Waals surface area contributed by atoms with Crippen LogP contribution in [0.15, 0.2) is 42.7 Å². The molecule has 1 aliphatic heterocycles. The Balaban J connectivity index is 1.54. The Bertz CT molecular complexity index is 1290. The molecule has 11 heteroatoms. The maximum absolute atomic E-state index is 14.1. The van der Waals surface area contributed by atoms with E-state index in [2.05, 4.69) is 15.3 Å². The van der Waals surface area contributed by atoms with Gasteiger partial charge in [-0.3, -0.25) is 0 Å². The highest BCUT2D eigenvalue weighted by molar-refractivity contribution is 5.60. The fourth-order valence-corrected chi connectivity index (χ4v) is 4.29. The Hall–Kier alpha value is -3.57. The van der Waals surface area contributed by atoms with E-state index in [4.69, 9.17) is 9.84 Å². The standard InChI is InChI=1S/C22H24FN7O3/c1-13(31)10-28-12-17(25-27-28)19-9-24-21-5-6-22(26-30(19)21)29-11-15(32)8-18(29)16-7-14(23)3-4-20(16)33-2/h3-7,9,12-13,15,18,31-32H,8,10-11H2,1-2H3/t13-,15+,18-/m1/s1. The average molecular weight is 453 g/mol. The molecule has 0 spiro atoms. The number of anilines is 1. The number of imidazole rings is 1. The Morgan fingerprint density at radius 3 is 2.91 bits per heavy atom. The summed E-state index contributed by atoms with van der Waals surface area (Å²) in [6, 6.07) is 7.73. The van der Waals surface area contributed by atoms with E-state index in [-0.39, 0.29) is 11.9 Å². The molecule has 33 heavy (non-hydrogen) atoms. The fourth-order valence-electron chi connectivity index (χ4n) is 4.29. The van der Waals surface area contributed by atoms with Crippen molar-refractivity contribution in [2.45, 2.75) is 38.1 Å². The van der Waals surface area contributed by atoms with E-state index in [0.29, 0.717) is 53.7 Å². The van der Waals surface area contributed by atoms with E-state index < -0.39 is 12.2 Å². The summed E-state index contributed by atoms with van der Waals surface area (Å²) < 4.78 is 22.7. The molecular formula is C22H24FN7O3. The lowest BCUT2D eigenvalue weighted by molar-refractivity contribution is 0.167. The van der Waals surface area contributed by atoms with E-state index in [9.17, 15) is 14.6 Å². The van der Waals surface area contributed by atoms with Crippen LogP contribution < -0.4 is 9.64 Å². The van der Waals surface area contributed by atoms with Gasteiger partial charge in [-0.1, -0.05) is 5.21 Å². The van der Waals surface area contributed by atoms with Crippen molar-refractivity contribution >= 4 is 11.5 Å². The number of aromatic nitrogens is 6. The van der Waals surface area contributed by atoms with Gasteiger partial charge in [0.05, 0.1) is 44.3 Å². The summed E-state index contributed by atoms with van der Waals surface area (Å²) in [7, 11) is 1.54. The van der Waals surface area contributed by atoms with Gasteiger partial charge in [-0.25, -0.2) is 18.6 Å². The molecule has 172 valence electrons. The molecule has 5 rings (SSSR count). The number of β-amino-alcohol motifs (C(OH)–C–C–N with tert-alkyl or cyclic N) is 1. The van der Waals surface area contributed by atoms with Gasteiger partial charge in [-0.2, -0.15) is 0 Å². The number of benzene rings is 1. The Morgan fingerprint density at radius 1 is 1.27 bits per heavy atom. The first-order valence-electron chi connectivity index (χ1n) is 10.6. The van der Waals surface area contributed by atoms with Crippen molar-refractivity contribution in [3.05, 3.63) is 54.1 Å². The Labute approximate surface area is 188 Å². The Kier molecular flexibility index (Phi) is 5.43. The number of halogens is 1. The van der Waals surface area contributed by atoms with E-state index in [0.717, 1.165) is 0 Å². The van der Waals surface area contributed by atoms with Crippen molar-refractivity contribution < 1.29 is 19.3 Å². The molecule has 10 nitrogen and oxygen atoms in total. The second-order valence-electron chi connectivity index (χ2n) is 8.22. The molecule has 0 unspecified atom stereocenters. The van der Waals surface area contributed by atoms with E-state index in [1.807, 2.05) is 17.0 Å². The summed E-state index contributed by atoms with van der Waals surface area (Å²) >= 11 is 0. The molecule has 0 aliphatic carbocycles. The van der Waals surface area contributed by atoms with Crippen molar-refractivity contribution in [1.29, 1.82) is 0 Å². The SMILES string of the molecule is COc1ccc(F)cc1[C@H]1C[C@H](O)CN1c1ccc2ncc(-c3cn(C[C@@H](C)O)nn3)n2n1. The van der Waals surface area contributed by atoms with Crippen LogP contribution in [0.3, 0.4) is 0 Å². The minimum Gasteiger partial charge on any atom is -0.496 e. The normalized spacial score (nSPS) is 19.4. The number of rotatable bonds is 6. The first-order chi connectivity index (χ1) is 15.9. The molecule has 1 fully saturated rings. The Morgan fingerprint density at radius 2 is 2.12 bits per heavy atom. The zero-order valence-electron chi connectivity index (χ0n) is 18.2. The number of nitrogens with zero attached hydrogens (tertiary/aromatic N) is 7. The van der Waals surface area contributed by atoms with Gasteiger partial charge in [0.15, 0.2) is 5.65 Å². The number of fused-ring (bicyclic) bond motifs is 1. The summed E-state index contributed by atoms with van der Waals surface area (Å²) in [4.78, 5) is 6.34. The van der Waals surface area contributed by atoms with E-state index in [1.165, 1.54) is 12.1 Å². The first kappa shape index (κ1) is 21.3. The lowest BCUT2D eigenvalue weighted by Gasteiger charge is -2.27. The lowest BCUT2D eigenvalue weighted by Crippen LogP contribution is -2.26. The molecule has 1 aliphatic rings. The minimum absolute atomic E-state index is 0.311. The summed E-state index contributed by atoms with van der Waals surface area (Å²) in [5.41, 5.74) is 2.49. The molecular weight excluding hydrogens is 429 g/mol. The predicted molar refractivity (Wildman–Crippen MR) is 117 cm³/mol. The van der Waals surface area contributed by atoms with Crippen LogP contribution in [0.25, 0.3) is 17.0 Å². The summed E-state index contributed by atoms with van der Waals surface area (Å²) in [5.74, 6) is 0.790. The molecule has 0 saturated carbocycles. The minimum atomic E-state index is -0.594. The summed E-state index contributed by atoms with van der Waals surface area (Å²) in [5, 5.41) is 33.0. The third-order valence-corrected chi connectivity index (χ3v) is 5.72. The molecule has 1 aromatic carbocycles. The molecule has 4 aromatic rings. The highest BCUT2D eigenvalue weighted by Gasteiger charge is 2.35. The quantitative estimate of drug-likeness (QED) is 0.455. The number of aliphatic hydroxyl groups is 2. The van der Waals surface area contributed by atoms with Crippen molar-refractivity contribution in [2.75, 3.05) is 18.6 Å². The van der Waals surface area contributed by atoms with Crippen LogP contribution in [-0.2, 0) is 6.54 Å². The van der Waals surface area contributed by atoms with Gasteiger partial charge in [0.1, 0.15) is 28.8 Å². The molecule has 0 amide bonds. The predicted octanol–water partition coefficient (Wildman–Crippen LogP) is 1.83. The number of ether oxygens (including phenoxy) is 1. The van der Waals surface area contributed by atoms with Crippen molar-refractivity contribution in [1.82, 2.24) is 29.6 Å². The van der Waals surface area contributed by atoms with Crippen molar-refractivity contribution in [3.8, 4) is 17.1 Å². The second-order valence-corrected chi connectivity index (χ2v) is 8.22. The zero-order chi connectivity index (χ0) is 23.1. The number of methoxy groups -OCH3 is 1. The van der Waals surface area contributed by atoms with Crippen molar-refractivity contribution in [3.63, 3.8) is 0 Å². The van der Waals surface area contributed by atoms with Crippen LogP contribution in [-0.4, -0.2) is 65.7 Å². The monoisotopic (exact) mass is 453 g/mol. The summed E-state index contributed by atoms with van der Waals surface area (Å²) in [6.07, 6.45) is 2.66. The number of hydrogen-bond donors (Lipinski definition) is 2. The zero-order valence-corrected chi connectivity index (χ0v) is 18.2. The van der Waals surface area contributed by atoms with Crippen LogP contribution in [0, 0.1) is 5.82 Å². The van der Waals surface area contributed by atoms with Gasteiger partial charge in [0.25, 0.3) is 0 Å². The highest BCUT2D eigenvalue weighted by atomic mass is 19.1. The third-order valence-electron chi connectivity index (χ3n) is 5.72. The molecule has 0 bridgehead atoms. The smallest absolute Gasteiger partial charge is 0.154 e. The van der Waals surface area contributed by atoms with Gasteiger partial charge in [0.2, 0.25) is 0 Å². The highest BCUT2D eigenvalue weighted by Crippen LogP contribution is 2.39. The second kappa shape index (κ2) is 8.41. The van der Waals surface area contributed by atoms with Gasteiger partial charge in [-0.15, -0.1) is 10.2 Å². The van der Waals surface area contributed by atoms with Gasteiger partial charge < -0.3 is 19.8 Å². The first-order valence-corrected chi connectivity index (χ1v) is 10.6. The number of aliphatic hydroxyl groups excluding tert-OH is 2. The largest absolute Gasteiger partial charge is 0.496 e. The van der Waals surface area contributed by atoms with Crippen LogP contribution in [0.4, 0.5) is 10.2 Å². The lowest BCUT2D eigenvalue weighted by atomic mass is 10.0. The average Bonchev–Trinajstić information content (AvgIpc) is 3.50. The van der Waals surface area contributed by atoms with Crippen LogP contribution in [0.5, 0.6) is 5.75 Å². The van der Waals surface area contributed by atoms with Crippen LogP contribution in [0.1, 0.15) is 24.9 Å². The molecule has 3 aromatic heterocycles. The van der Waals surface area contributed by atoms with Crippen LogP contribution in [0.2, 0.25) is 0 Å². The van der Waals surface area contributed by atoms with Gasteiger partial charge >= 0.3 is 0 Å². The third kappa shape index (κ3) is 4.00. The summed E-state index contributed by atoms with van der Waals surface area (Å²) in [6.45, 7) is 2.35. The molecule has 2 N–H and O–H groups in total. The topological polar surface area (TPSA) is 114 Å².